The number of rotatable bonds is 39. The van der Waals surface area contributed by atoms with Crippen molar-refractivity contribution in [1.29, 1.82) is 0 Å². The summed E-state index contributed by atoms with van der Waals surface area (Å²) in [6.07, 6.45) is 50.7. The minimum Gasteiger partial charge on any atom is -0.462 e. The summed E-state index contributed by atoms with van der Waals surface area (Å²) < 4.78 is 10.6. The summed E-state index contributed by atoms with van der Waals surface area (Å²) in [6, 6.07) is 0. The summed E-state index contributed by atoms with van der Waals surface area (Å²) >= 11 is 0. The average molecular weight is 703 g/mol. The third kappa shape index (κ3) is 38.9. The molecule has 50 heavy (non-hydrogen) atoms. The van der Waals surface area contributed by atoms with Gasteiger partial charge >= 0.3 is 11.9 Å². The molecule has 0 aliphatic heterocycles. The highest BCUT2D eigenvalue weighted by Crippen LogP contribution is 2.14. The topological polar surface area (TPSA) is 72.8 Å². The zero-order chi connectivity index (χ0) is 36.4. The summed E-state index contributed by atoms with van der Waals surface area (Å²) in [5.74, 6) is -0.599. The highest BCUT2D eigenvalue weighted by atomic mass is 16.6. The first kappa shape index (κ1) is 48.1. The van der Waals surface area contributed by atoms with Crippen LogP contribution in [0.1, 0.15) is 219 Å². The fourth-order valence-corrected chi connectivity index (χ4v) is 6.11. The van der Waals surface area contributed by atoms with E-state index in [0.29, 0.717) is 12.8 Å². The number of carbonyl (C=O) groups excluding carboxylic acids is 2. The van der Waals surface area contributed by atoms with Crippen LogP contribution >= 0.6 is 0 Å². The highest BCUT2D eigenvalue weighted by Gasteiger charge is 2.16. The fourth-order valence-electron chi connectivity index (χ4n) is 6.11. The van der Waals surface area contributed by atoms with Crippen LogP contribution in [0.25, 0.3) is 0 Å². The van der Waals surface area contributed by atoms with E-state index in [9.17, 15) is 14.7 Å². The van der Waals surface area contributed by atoms with Crippen molar-refractivity contribution in [3.05, 3.63) is 36.5 Å². The van der Waals surface area contributed by atoms with E-state index in [-0.39, 0.29) is 25.2 Å². The molecule has 0 fully saturated rings. The first-order chi connectivity index (χ1) is 24.6. The van der Waals surface area contributed by atoms with Crippen LogP contribution < -0.4 is 0 Å². The van der Waals surface area contributed by atoms with Crippen molar-refractivity contribution in [3.63, 3.8) is 0 Å². The van der Waals surface area contributed by atoms with Gasteiger partial charge in [-0.05, 0) is 70.6 Å². The monoisotopic (exact) mass is 703 g/mol. The van der Waals surface area contributed by atoms with Gasteiger partial charge in [-0.25, -0.2) is 0 Å². The van der Waals surface area contributed by atoms with Gasteiger partial charge in [0, 0.05) is 12.8 Å². The Morgan fingerprint density at radius 3 is 1.22 bits per heavy atom. The molecule has 0 aliphatic rings. The first-order valence-electron chi connectivity index (χ1n) is 21.5. The maximum Gasteiger partial charge on any atom is 0.306 e. The Bertz CT molecular complexity index is 801. The van der Waals surface area contributed by atoms with Gasteiger partial charge in [0.1, 0.15) is 6.61 Å². The first-order valence-corrected chi connectivity index (χ1v) is 21.5. The highest BCUT2D eigenvalue weighted by molar-refractivity contribution is 5.70. The summed E-state index contributed by atoms with van der Waals surface area (Å²) in [5.41, 5.74) is 0. The number of aliphatic hydroxyl groups is 1. The molecule has 1 unspecified atom stereocenters. The van der Waals surface area contributed by atoms with Crippen molar-refractivity contribution >= 4 is 11.9 Å². The molecule has 0 heterocycles. The Morgan fingerprint density at radius 2 is 0.800 bits per heavy atom. The van der Waals surface area contributed by atoms with Gasteiger partial charge in [0.05, 0.1) is 6.61 Å². The minimum absolute atomic E-state index is 0.0693. The molecule has 0 aliphatic carbocycles. The number of allylic oxidation sites excluding steroid dienone is 6. The second kappa shape index (κ2) is 41.5. The lowest BCUT2D eigenvalue weighted by Crippen LogP contribution is -2.28. The molecule has 0 radical (unpaired) electrons. The van der Waals surface area contributed by atoms with Crippen LogP contribution in [0.2, 0.25) is 0 Å². The molecule has 0 saturated carbocycles. The molecule has 0 rings (SSSR count). The predicted molar refractivity (Wildman–Crippen MR) is 214 cm³/mol. The predicted octanol–water partition coefficient (Wildman–Crippen LogP) is 13.6. The van der Waals surface area contributed by atoms with Gasteiger partial charge in [0.25, 0.3) is 0 Å². The van der Waals surface area contributed by atoms with E-state index < -0.39 is 6.10 Å². The normalized spacial score (nSPS) is 12.5. The van der Waals surface area contributed by atoms with E-state index in [1.54, 1.807) is 0 Å². The second-order valence-electron chi connectivity index (χ2n) is 14.4. The van der Waals surface area contributed by atoms with E-state index in [0.717, 1.165) is 51.4 Å². The third-order valence-electron chi connectivity index (χ3n) is 9.41. The lowest BCUT2D eigenvalue weighted by atomic mass is 10.0. The number of hydrogen-bond donors (Lipinski definition) is 1. The second-order valence-corrected chi connectivity index (χ2v) is 14.4. The van der Waals surface area contributed by atoms with E-state index in [4.69, 9.17) is 9.47 Å². The number of aliphatic hydroxyl groups excluding tert-OH is 1. The molecule has 5 nitrogen and oxygen atoms in total. The molecule has 0 bridgehead atoms. The van der Waals surface area contributed by atoms with E-state index in [1.165, 1.54) is 141 Å². The van der Waals surface area contributed by atoms with Crippen LogP contribution in [0.5, 0.6) is 0 Å². The quantitative estimate of drug-likeness (QED) is 0.0392. The Labute approximate surface area is 310 Å². The summed E-state index contributed by atoms with van der Waals surface area (Å²) in [4.78, 5) is 24.3. The standard InChI is InChI=1S/C45H82O5/c1-3-5-7-9-11-13-15-17-18-19-20-21-22-23-24-25-26-28-30-32-34-36-38-40-45(48)50-43(41-46)42-49-44(47)39-37-35-33-31-29-27-16-14-12-10-8-6-4-2/h14-17,19-20,43,46H,3-13,18,21-42H2,1-2H3/b16-14-,17-15-,20-19-. The van der Waals surface area contributed by atoms with Crippen molar-refractivity contribution in [2.24, 2.45) is 0 Å². The minimum atomic E-state index is -0.774. The molecule has 0 spiro atoms. The SMILES string of the molecule is CCCCCC/C=C\CCCCCCCC(=O)OCC(CO)OC(=O)CCCCCCCCCCCCC/C=C\C/C=C\CCCCCCC. The van der Waals surface area contributed by atoms with Crippen molar-refractivity contribution < 1.29 is 24.2 Å². The zero-order valence-corrected chi connectivity index (χ0v) is 33.2. The van der Waals surface area contributed by atoms with Crippen LogP contribution in [0, 0.1) is 0 Å². The van der Waals surface area contributed by atoms with Gasteiger partial charge in [0.15, 0.2) is 6.10 Å². The molecule has 0 saturated heterocycles. The van der Waals surface area contributed by atoms with E-state index in [1.807, 2.05) is 0 Å². The number of carbonyl (C=O) groups is 2. The van der Waals surface area contributed by atoms with Crippen molar-refractivity contribution in [2.75, 3.05) is 13.2 Å². The van der Waals surface area contributed by atoms with Crippen LogP contribution in [0.3, 0.4) is 0 Å². The molecule has 0 aromatic heterocycles. The van der Waals surface area contributed by atoms with Crippen LogP contribution in [0.15, 0.2) is 36.5 Å². The Morgan fingerprint density at radius 1 is 0.460 bits per heavy atom. The van der Waals surface area contributed by atoms with Crippen molar-refractivity contribution in [2.45, 2.75) is 225 Å². The number of unbranched alkanes of at least 4 members (excludes halogenated alkanes) is 25. The van der Waals surface area contributed by atoms with Crippen LogP contribution in [-0.4, -0.2) is 36.4 Å². The molecular weight excluding hydrogens is 620 g/mol. The maximum atomic E-state index is 12.2. The smallest absolute Gasteiger partial charge is 0.306 e. The van der Waals surface area contributed by atoms with Gasteiger partial charge in [-0.3, -0.25) is 9.59 Å². The zero-order valence-electron chi connectivity index (χ0n) is 33.2. The van der Waals surface area contributed by atoms with E-state index >= 15 is 0 Å². The molecule has 0 amide bonds. The number of hydrogen-bond acceptors (Lipinski definition) is 5. The van der Waals surface area contributed by atoms with Gasteiger partial charge in [-0.2, -0.15) is 0 Å². The molecule has 1 N–H and O–H groups in total. The fraction of sp³-hybridized carbons (Fsp3) is 0.822. The third-order valence-corrected chi connectivity index (χ3v) is 9.41. The molecule has 0 aromatic rings. The Hall–Kier alpha value is -1.88. The molecule has 5 heteroatoms. The van der Waals surface area contributed by atoms with Crippen LogP contribution in [-0.2, 0) is 19.1 Å². The van der Waals surface area contributed by atoms with Crippen LogP contribution in [0.4, 0.5) is 0 Å². The molecule has 292 valence electrons. The molecule has 0 aromatic carbocycles. The lowest BCUT2D eigenvalue weighted by Gasteiger charge is -2.15. The Kier molecular flexibility index (Phi) is 40.0. The van der Waals surface area contributed by atoms with Gasteiger partial charge in [0.2, 0.25) is 0 Å². The van der Waals surface area contributed by atoms with Gasteiger partial charge in [-0.1, -0.05) is 172 Å². The summed E-state index contributed by atoms with van der Waals surface area (Å²) in [7, 11) is 0. The number of esters is 2. The number of ether oxygens (including phenoxy) is 2. The van der Waals surface area contributed by atoms with Crippen molar-refractivity contribution in [3.8, 4) is 0 Å². The van der Waals surface area contributed by atoms with E-state index in [2.05, 4.69) is 50.3 Å². The largest absolute Gasteiger partial charge is 0.462 e. The molecule has 1 atom stereocenters. The Balaban J connectivity index is 3.52. The molecular formula is C45H82O5. The van der Waals surface area contributed by atoms with Crippen molar-refractivity contribution in [1.82, 2.24) is 0 Å². The van der Waals surface area contributed by atoms with Gasteiger partial charge in [-0.15, -0.1) is 0 Å². The lowest BCUT2D eigenvalue weighted by molar-refractivity contribution is -0.161. The van der Waals surface area contributed by atoms with Gasteiger partial charge < -0.3 is 14.6 Å². The maximum absolute atomic E-state index is 12.2. The average Bonchev–Trinajstić information content (AvgIpc) is 3.12. The summed E-state index contributed by atoms with van der Waals surface area (Å²) in [6.45, 7) is 4.11. The summed E-state index contributed by atoms with van der Waals surface area (Å²) in [5, 5.41) is 9.57.